The van der Waals surface area contributed by atoms with Crippen molar-refractivity contribution in [3.8, 4) is 0 Å². The fraction of sp³-hybridized carbons (Fsp3) is 1.00. The van der Waals surface area contributed by atoms with Gasteiger partial charge in [-0.25, -0.2) is 0 Å². The third kappa shape index (κ3) is 3.71. The Morgan fingerprint density at radius 3 is 2.61 bits per heavy atom. The van der Waals surface area contributed by atoms with Crippen LogP contribution in [-0.4, -0.2) is 36.1 Å². The molecule has 1 heterocycles. The SMILES string of the molecule is CCC1CCCC(N(CC2CCCN2)C(C)C)C1. The lowest BCUT2D eigenvalue weighted by atomic mass is 9.83. The van der Waals surface area contributed by atoms with Gasteiger partial charge >= 0.3 is 0 Å². The zero-order chi connectivity index (χ0) is 13.0. The third-order valence-corrected chi connectivity index (χ3v) is 5.06. The molecule has 2 rings (SSSR count). The molecule has 1 saturated heterocycles. The van der Waals surface area contributed by atoms with Crippen molar-refractivity contribution in [3.63, 3.8) is 0 Å². The maximum atomic E-state index is 3.66. The van der Waals surface area contributed by atoms with E-state index in [0.29, 0.717) is 6.04 Å². The molecule has 0 bridgehead atoms. The molecule has 106 valence electrons. The summed E-state index contributed by atoms with van der Waals surface area (Å²) >= 11 is 0. The van der Waals surface area contributed by atoms with E-state index in [-0.39, 0.29) is 0 Å². The highest BCUT2D eigenvalue weighted by Gasteiger charge is 2.29. The van der Waals surface area contributed by atoms with Crippen molar-refractivity contribution in [1.29, 1.82) is 0 Å². The second-order valence-electron chi connectivity index (χ2n) is 6.68. The van der Waals surface area contributed by atoms with Gasteiger partial charge in [0.2, 0.25) is 0 Å². The zero-order valence-electron chi connectivity index (χ0n) is 12.6. The van der Waals surface area contributed by atoms with Crippen LogP contribution in [0.4, 0.5) is 0 Å². The van der Waals surface area contributed by atoms with Crippen molar-refractivity contribution >= 4 is 0 Å². The van der Waals surface area contributed by atoms with Crippen LogP contribution in [0, 0.1) is 5.92 Å². The molecular weight excluding hydrogens is 220 g/mol. The first-order valence-corrected chi connectivity index (χ1v) is 8.19. The van der Waals surface area contributed by atoms with Gasteiger partial charge in [-0.15, -0.1) is 0 Å². The van der Waals surface area contributed by atoms with Gasteiger partial charge in [-0.1, -0.05) is 26.2 Å². The number of nitrogens with zero attached hydrogens (tertiary/aromatic N) is 1. The van der Waals surface area contributed by atoms with Gasteiger partial charge < -0.3 is 5.32 Å². The maximum Gasteiger partial charge on any atom is 0.0195 e. The number of rotatable bonds is 5. The van der Waals surface area contributed by atoms with Crippen molar-refractivity contribution in [3.05, 3.63) is 0 Å². The highest BCUT2D eigenvalue weighted by atomic mass is 15.2. The fourth-order valence-electron chi connectivity index (χ4n) is 3.88. The number of nitrogens with one attached hydrogen (secondary N) is 1. The predicted octanol–water partition coefficient (Wildman–Crippen LogP) is 3.42. The van der Waals surface area contributed by atoms with Crippen LogP contribution in [0.15, 0.2) is 0 Å². The standard InChI is InChI=1S/C16H32N2/c1-4-14-7-5-9-16(11-14)18(13(2)3)12-15-8-6-10-17-15/h13-17H,4-12H2,1-3H3. The van der Waals surface area contributed by atoms with Crippen LogP contribution in [0.5, 0.6) is 0 Å². The highest BCUT2D eigenvalue weighted by Crippen LogP contribution is 2.31. The molecule has 2 nitrogen and oxygen atoms in total. The molecular formula is C16H32N2. The predicted molar refractivity (Wildman–Crippen MR) is 78.9 cm³/mol. The molecule has 1 saturated carbocycles. The monoisotopic (exact) mass is 252 g/mol. The lowest BCUT2D eigenvalue weighted by molar-refractivity contribution is 0.0896. The molecule has 0 amide bonds. The van der Waals surface area contributed by atoms with Crippen LogP contribution in [0.3, 0.4) is 0 Å². The van der Waals surface area contributed by atoms with Crippen molar-refractivity contribution in [1.82, 2.24) is 10.2 Å². The number of hydrogen-bond acceptors (Lipinski definition) is 2. The highest BCUT2D eigenvalue weighted by molar-refractivity contribution is 4.86. The first kappa shape index (κ1) is 14.3. The second-order valence-corrected chi connectivity index (χ2v) is 6.68. The van der Waals surface area contributed by atoms with E-state index >= 15 is 0 Å². The molecule has 0 aromatic carbocycles. The van der Waals surface area contributed by atoms with Gasteiger partial charge in [0.15, 0.2) is 0 Å². The van der Waals surface area contributed by atoms with E-state index in [0.717, 1.165) is 18.0 Å². The summed E-state index contributed by atoms with van der Waals surface area (Å²) < 4.78 is 0. The lowest BCUT2D eigenvalue weighted by Crippen LogP contribution is -2.48. The Kier molecular flexibility index (Phi) is 5.50. The van der Waals surface area contributed by atoms with Crippen LogP contribution < -0.4 is 5.32 Å². The molecule has 2 aliphatic rings. The van der Waals surface area contributed by atoms with Crippen LogP contribution in [0.2, 0.25) is 0 Å². The summed E-state index contributed by atoms with van der Waals surface area (Å²) in [7, 11) is 0. The quantitative estimate of drug-likeness (QED) is 0.806. The summed E-state index contributed by atoms with van der Waals surface area (Å²) in [5, 5.41) is 3.66. The Morgan fingerprint density at radius 2 is 2.00 bits per heavy atom. The van der Waals surface area contributed by atoms with Gasteiger partial charge in [-0.2, -0.15) is 0 Å². The van der Waals surface area contributed by atoms with Gasteiger partial charge in [0.05, 0.1) is 0 Å². The van der Waals surface area contributed by atoms with E-state index in [1.54, 1.807) is 0 Å². The van der Waals surface area contributed by atoms with Gasteiger partial charge in [0.25, 0.3) is 0 Å². The molecule has 1 aliphatic heterocycles. The minimum Gasteiger partial charge on any atom is -0.313 e. The molecule has 0 radical (unpaired) electrons. The minimum atomic E-state index is 0.702. The molecule has 1 N–H and O–H groups in total. The van der Waals surface area contributed by atoms with E-state index in [1.807, 2.05) is 0 Å². The normalized spacial score (nSPS) is 33.5. The van der Waals surface area contributed by atoms with Crippen molar-refractivity contribution < 1.29 is 0 Å². The summed E-state index contributed by atoms with van der Waals surface area (Å²) in [5.41, 5.74) is 0. The molecule has 18 heavy (non-hydrogen) atoms. The molecule has 2 heteroatoms. The van der Waals surface area contributed by atoms with E-state index in [2.05, 4.69) is 31.0 Å². The summed E-state index contributed by atoms with van der Waals surface area (Å²) in [6.45, 7) is 9.64. The van der Waals surface area contributed by atoms with Crippen LogP contribution in [0.1, 0.15) is 65.7 Å². The lowest BCUT2D eigenvalue weighted by Gasteiger charge is -2.41. The molecule has 0 aromatic rings. The van der Waals surface area contributed by atoms with Gasteiger partial charge in [0.1, 0.15) is 0 Å². The van der Waals surface area contributed by atoms with E-state index in [4.69, 9.17) is 0 Å². The summed E-state index contributed by atoms with van der Waals surface area (Å²) in [4.78, 5) is 2.80. The summed E-state index contributed by atoms with van der Waals surface area (Å²) in [6.07, 6.45) is 9.93. The topological polar surface area (TPSA) is 15.3 Å². The Bertz CT molecular complexity index is 233. The van der Waals surface area contributed by atoms with Crippen LogP contribution >= 0.6 is 0 Å². The first-order valence-electron chi connectivity index (χ1n) is 8.19. The molecule has 0 aromatic heterocycles. The van der Waals surface area contributed by atoms with Crippen molar-refractivity contribution in [2.45, 2.75) is 83.8 Å². The molecule has 0 spiro atoms. The largest absolute Gasteiger partial charge is 0.313 e. The van der Waals surface area contributed by atoms with Crippen LogP contribution in [-0.2, 0) is 0 Å². The molecule has 3 atom stereocenters. The smallest absolute Gasteiger partial charge is 0.0195 e. The zero-order valence-corrected chi connectivity index (χ0v) is 12.6. The van der Waals surface area contributed by atoms with E-state index in [9.17, 15) is 0 Å². The Balaban J connectivity index is 1.91. The Morgan fingerprint density at radius 1 is 1.17 bits per heavy atom. The summed E-state index contributed by atoms with van der Waals surface area (Å²) in [5.74, 6) is 0.988. The fourth-order valence-corrected chi connectivity index (χ4v) is 3.88. The average molecular weight is 252 g/mol. The second kappa shape index (κ2) is 6.91. The average Bonchev–Trinajstić information content (AvgIpc) is 2.88. The van der Waals surface area contributed by atoms with E-state index < -0.39 is 0 Å². The molecule has 2 fully saturated rings. The van der Waals surface area contributed by atoms with Gasteiger partial charge in [-0.05, 0) is 52.0 Å². The molecule has 1 aliphatic carbocycles. The first-order chi connectivity index (χ1) is 8.70. The molecule has 3 unspecified atom stereocenters. The Hall–Kier alpha value is -0.0800. The summed E-state index contributed by atoms with van der Waals surface area (Å²) in [6, 6.07) is 2.31. The van der Waals surface area contributed by atoms with Gasteiger partial charge in [-0.3, -0.25) is 4.90 Å². The van der Waals surface area contributed by atoms with Crippen molar-refractivity contribution in [2.75, 3.05) is 13.1 Å². The maximum absolute atomic E-state index is 3.66. The number of hydrogen-bond donors (Lipinski definition) is 1. The minimum absolute atomic E-state index is 0.702. The Labute approximate surface area is 114 Å². The third-order valence-electron chi connectivity index (χ3n) is 5.06. The van der Waals surface area contributed by atoms with Crippen molar-refractivity contribution in [2.24, 2.45) is 5.92 Å². The van der Waals surface area contributed by atoms with Crippen LogP contribution in [0.25, 0.3) is 0 Å². The van der Waals surface area contributed by atoms with Gasteiger partial charge in [0, 0.05) is 24.7 Å². The van der Waals surface area contributed by atoms with E-state index in [1.165, 1.54) is 58.0 Å².